The Morgan fingerprint density at radius 3 is 2.27 bits per heavy atom. The molecule has 0 unspecified atom stereocenters. The predicted octanol–water partition coefficient (Wildman–Crippen LogP) is 0.322. The highest BCUT2D eigenvalue weighted by atomic mass is 16.5. The van der Waals surface area contributed by atoms with Gasteiger partial charge in [0.05, 0.1) is 7.11 Å². The molecular weight excluding hydrogens is 194 g/mol. The molecular formula is C10H23N3O2. The number of unbranched alkanes of at least 4 members (excludes halogenated alkanes) is 1. The maximum absolute atomic E-state index is 10.6. The van der Waals surface area contributed by atoms with Crippen LogP contribution >= 0.6 is 0 Å². The molecule has 3 N–H and O–H groups in total. The molecule has 0 rings (SSSR count). The lowest BCUT2D eigenvalue weighted by Gasteiger charge is -2.06. The second-order valence-corrected chi connectivity index (χ2v) is 3.27. The number of ether oxygens (including phenoxy) is 1. The highest BCUT2D eigenvalue weighted by molar-refractivity contribution is 5.66. The molecule has 0 spiro atoms. The Labute approximate surface area is 91.9 Å². The van der Waals surface area contributed by atoms with E-state index in [2.05, 4.69) is 27.6 Å². The van der Waals surface area contributed by atoms with E-state index < -0.39 is 0 Å². The van der Waals surface area contributed by atoms with E-state index in [4.69, 9.17) is 0 Å². The number of hydrogen-bond acceptors (Lipinski definition) is 4. The van der Waals surface area contributed by atoms with Gasteiger partial charge in [-0.25, -0.2) is 4.79 Å². The van der Waals surface area contributed by atoms with E-state index in [9.17, 15) is 4.79 Å². The van der Waals surface area contributed by atoms with Crippen molar-refractivity contribution in [3.05, 3.63) is 0 Å². The lowest BCUT2D eigenvalue weighted by atomic mass is 10.3. The third-order valence-corrected chi connectivity index (χ3v) is 1.94. The summed E-state index contributed by atoms with van der Waals surface area (Å²) in [4.78, 5) is 10.6. The molecule has 0 radical (unpaired) electrons. The summed E-state index contributed by atoms with van der Waals surface area (Å²) in [6.07, 6.45) is 2.07. The number of rotatable bonds is 9. The smallest absolute Gasteiger partial charge is 0.406 e. The van der Waals surface area contributed by atoms with Gasteiger partial charge in [0.15, 0.2) is 0 Å². The Kier molecular flexibility index (Phi) is 10.7. The highest BCUT2D eigenvalue weighted by Crippen LogP contribution is 1.80. The van der Waals surface area contributed by atoms with Crippen LogP contribution in [0.2, 0.25) is 0 Å². The standard InChI is InChI=1S/C10H23N3O2/c1-3-4-5-11-6-7-12-8-9-13-10(14)15-2/h11-12H,3-9H2,1-2H3,(H,13,14). The van der Waals surface area contributed by atoms with E-state index >= 15 is 0 Å². The van der Waals surface area contributed by atoms with Crippen LogP contribution in [-0.4, -0.2) is 45.9 Å². The molecule has 0 heterocycles. The van der Waals surface area contributed by atoms with Crippen LogP contribution in [0.1, 0.15) is 19.8 Å². The number of amides is 1. The third kappa shape index (κ3) is 11.1. The molecule has 0 aliphatic heterocycles. The largest absolute Gasteiger partial charge is 0.453 e. The fourth-order valence-electron chi connectivity index (χ4n) is 1.05. The Morgan fingerprint density at radius 2 is 1.67 bits per heavy atom. The second-order valence-electron chi connectivity index (χ2n) is 3.27. The molecule has 0 fully saturated rings. The van der Waals surface area contributed by atoms with Gasteiger partial charge in [-0.1, -0.05) is 13.3 Å². The lowest BCUT2D eigenvalue weighted by Crippen LogP contribution is -2.35. The summed E-state index contributed by atoms with van der Waals surface area (Å²) < 4.78 is 4.43. The molecule has 5 heteroatoms. The summed E-state index contributed by atoms with van der Waals surface area (Å²) in [5.41, 5.74) is 0. The number of nitrogens with one attached hydrogen (secondary N) is 3. The monoisotopic (exact) mass is 217 g/mol. The average Bonchev–Trinajstić information content (AvgIpc) is 2.26. The summed E-state index contributed by atoms with van der Waals surface area (Å²) in [5, 5.41) is 9.13. The van der Waals surface area contributed by atoms with E-state index in [0.717, 1.165) is 26.2 Å². The molecule has 0 aliphatic rings. The maximum atomic E-state index is 10.6. The molecule has 0 aromatic carbocycles. The van der Waals surface area contributed by atoms with Crippen molar-refractivity contribution in [2.24, 2.45) is 0 Å². The Morgan fingerprint density at radius 1 is 1.07 bits per heavy atom. The normalized spacial score (nSPS) is 10.0. The van der Waals surface area contributed by atoms with Crippen LogP contribution in [0.4, 0.5) is 4.79 Å². The zero-order chi connectivity index (χ0) is 11.4. The molecule has 1 amide bonds. The zero-order valence-corrected chi connectivity index (χ0v) is 9.77. The van der Waals surface area contributed by atoms with E-state index in [-0.39, 0.29) is 6.09 Å². The topological polar surface area (TPSA) is 62.4 Å². The van der Waals surface area contributed by atoms with E-state index in [1.165, 1.54) is 20.0 Å². The van der Waals surface area contributed by atoms with Gasteiger partial charge in [0, 0.05) is 26.2 Å². The SMILES string of the molecule is CCCCNCCNCCNC(=O)OC. The number of alkyl carbamates (subject to hydrolysis) is 1. The van der Waals surface area contributed by atoms with Gasteiger partial charge in [-0.2, -0.15) is 0 Å². The minimum Gasteiger partial charge on any atom is -0.453 e. The van der Waals surface area contributed by atoms with Gasteiger partial charge in [-0.05, 0) is 13.0 Å². The van der Waals surface area contributed by atoms with Crippen LogP contribution in [0, 0.1) is 0 Å². The highest BCUT2D eigenvalue weighted by Gasteiger charge is 1.95. The van der Waals surface area contributed by atoms with Crippen molar-refractivity contribution in [3.8, 4) is 0 Å². The molecule has 90 valence electrons. The molecule has 15 heavy (non-hydrogen) atoms. The number of methoxy groups -OCH3 is 1. The third-order valence-electron chi connectivity index (χ3n) is 1.94. The first-order chi connectivity index (χ1) is 7.31. The van der Waals surface area contributed by atoms with Crippen molar-refractivity contribution < 1.29 is 9.53 Å². The van der Waals surface area contributed by atoms with Gasteiger partial charge in [0.1, 0.15) is 0 Å². The first-order valence-electron chi connectivity index (χ1n) is 5.54. The van der Waals surface area contributed by atoms with Gasteiger partial charge in [0.25, 0.3) is 0 Å². The average molecular weight is 217 g/mol. The Hall–Kier alpha value is -0.810. The first-order valence-corrected chi connectivity index (χ1v) is 5.54. The summed E-state index contributed by atoms with van der Waals surface area (Å²) in [6.45, 7) is 6.52. The fraction of sp³-hybridized carbons (Fsp3) is 0.900. The molecule has 0 aromatic rings. The summed E-state index contributed by atoms with van der Waals surface area (Å²) in [5.74, 6) is 0. The van der Waals surface area contributed by atoms with Crippen LogP contribution in [0.3, 0.4) is 0 Å². The van der Waals surface area contributed by atoms with Crippen LogP contribution in [0.5, 0.6) is 0 Å². The molecule has 0 bridgehead atoms. The summed E-state index contributed by atoms with van der Waals surface area (Å²) >= 11 is 0. The molecule has 0 saturated heterocycles. The van der Waals surface area contributed by atoms with E-state index in [1.807, 2.05) is 0 Å². The van der Waals surface area contributed by atoms with Crippen molar-refractivity contribution >= 4 is 6.09 Å². The first kappa shape index (κ1) is 14.2. The Bertz CT molecular complexity index is 154. The van der Waals surface area contributed by atoms with Gasteiger partial charge in [-0.3, -0.25) is 0 Å². The summed E-state index contributed by atoms with van der Waals surface area (Å²) in [6, 6.07) is 0. The van der Waals surface area contributed by atoms with Crippen LogP contribution in [0.25, 0.3) is 0 Å². The number of carbonyl (C=O) groups is 1. The minimum absolute atomic E-state index is 0.377. The van der Waals surface area contributed by atoms with Crippen molar-refractivity contribution in [2.45, 2.75) is 19.8 Å². The van der Waals surface area contributed by atoms with Gasteiger partial charge < -0.3 is 20.7 Å². The number of hydrogen-bond donors (Lipinski definition) is 3. The molecule has 0 atom stereocenters. The molecule has 0 aromatic heterocycles. The van der Waals surface area contributed by atoms with Crippen LogP contribution < -0.4 is 16.0 Å². The maximum Gasteiger partial charge on any atom is 0.406 e. The van der Waals surface area contributed by atoms with Crippen molar-refractivity contribution in [1.29, 1.82) is 0 Å². The predicted molar refractivity (Wildman–Crippen MR) is 61.1 cm³/mol. The quantitative estimate of drug-likeness (QED) is 0.487. The summed E-state index contributed by atoms with van der Waals surface area (Å²) in [7, 11) is 1.36. The van der Waals surface area contributed by atoms with E-state index in [1.54, 1.807) is 0 Å². The Balaban J connectivity index is 2.95. The molecule has 5 nitrogen and oxygen atoms in total. The second kappa shape index (κ2) is 11.3. The van der Waals surface area contributed by atoms with E-state index in [0.29, 0.717) is 6.54 Å². The zero-order valence-electron chi connectivity index (χ0n) is 9.77. The fourth-order valence-corrected chi connectivity index (χ4v) is 1.05. The van der Waals surface area contributed by atoms with Gasteiger partial charge in [-0.15, -0.1) is 0 Å². The van der Waals surface area contributed by atoms with Gasteiger partial charge in [0.2, 0.25) is 0 Å². The van der Waals surface area contributed by atoms with Crippen molar-refractivity contribution in [3.63, 3.8) is 0 Å². The number of carbonyl (C=O) groups excluding carboxylic acids is 1. The van der Waals surface area contributed by atoms with Crippen molar-refractivity contribution in [1.82, 2.24) is 16.0 Å². The van der Waals surface area contributed by atoms with Crippen molar-refractivity contribution in [2.75, 3.05) is 39.8 Å². The lowest BCUT2D eigenvalue weighted by molar-refractivity contribution is 0.171. The minimum atomic E-state index is -0.377. The van der Waals surface area contributed by atoms with Gasteiger partial charge >= 0.3 is 6.09 Å². The molecule has 0 saturated carbocycles. The van der Waals surface area contributed by atoms with Crippen LogP contribution in [-0.2, 0) is 4.74 Å². The van der Waals surface area contributed by atoms with Crippen LogP contribution in [0.15, 0.2) is 0 Å². The molecule has 0 aliphatic carbocycles.